The van der Waals surface area contributed by atoms with Crippen LogP contribution in [0.4, 0.5) is 5.69 Å². The Morgan fingerprint density at radius 2 is 1.65 bits per heavy atom. The second-order valence-electron chi connectivity index (χ2n) is 5.67. The average molecular weight is 353 g/mol. The summed E-state index contributed by atoms with van der Waals surface area (Å²) in [4.78, 5) is 11.6. The van der Waals surface area contributed by atoms with E-state index in [9.17, 15) is 9.90 Å². The number of ether oxygens (including phenoxy) is 1. The number of aromatic hydroxyl groups is 1. The van der Waals surface area contributed by atoms with Crippen molar-refractivity contribution in [3.8, 4) is 22.6 Å². The SMILES string of the molecule is COc1ccc(-c2ccc(NCc3oc(CO)cc(=O)c3O)cc2)cc1. The predicted octanol–water partition coefficient (Wildman–Crippen LogP) is 3.13. The van der Waals surface area contributed by atoms with Crippen LogP contribution in [0.5, 0.6) is 11.5 Å². The highest BCUT2D eigenvalue weighted by Crippen LogP contribution is 2.24. The molecule has 3 aromatic rings. The standard InChI is InChI=1S/C20H19NO5/c1-25-16-8-4-14(5-9-16)13-2-6-15(7-3-13)21-11-19-20(24)18(23)10-17(12-22)26-19/h2-10,21-22,24H,11-12H2,1H3. The molecule has 1 heterocycles. The summed E-state index contributed by atoms with van der Waals surface area (Å²) >= 11 is 0. The van der Waals surface area contributed by atoms with Gasteiger partial charge in [0.2, 0.25) is 11.2 Å². The smallest absolute Gasteiger partial charge is 0.227 e. The van der Waals surface area contributed by atoms with Gasteiger partial charge < -0.3 is 24.7 Å². The minimum absolute atomic E-state index is 0.0841. The maximum Gasteiger partial charge on any atom is 0.227 e. The largest absolute Gasteiger partial charge is 0.502 e. The average Bonchev–Trinajstić information content (AvgIpc) is 2.69. The van der Waals surface area contributed by atoms with E-state index in [1.807, 2.05) is 48.5 Å². The lowest BCUT2D eigenvalue weighted by Gasteiger charge is -2.09. The molecule has 0 fully saturated rings. The molecule has 1 aromatic heterocycles. The summed E-state index contributed by atoms with van der Waals surface area (Å²) in [6.45, 7) is -0.282. The van der Waals surface area contributed by atoms with Gasteiger partial charge in [-0.1, -0.05) is 24.3 Å². The molecule has 6 nitrogen and oxygen atoms in total. The van der Waals surface area contributed by atoms with E-state index in [0.29, 0.717) is 0 Å². The summed E-state index contributed by atoms with van der Waals surface area (Å²) in [6.07, 6.45) is 0. The molecule has 0 aliphatic carbocycles. The molecule has 0 unspecified atom stereocenters. The van der Waals surface area contributed by atoms with E-state index in [1.165, 1.54) is 0 Å². The van der Waals surface area contributed by atoms with Crippen LogP contribution in [-0.4, -0.2) is 17.3 Å². The molecule has 0 saturated heterocycles. The highest BCUT2D eigenvalue weighted by Gasteiger charge is 2.10. The van der Waals surface area contributed by atoms with Gasteiger partial charge in [0.05, 0.1) is 13.7 Å². The molecule has 0 amide bonds. The van der Waals surface area contributed by atoms with Crippen LogP contribution in [0, 0.1) is 0 Å². The summed E-state index contributed by atoms with van der Waals surface area (Å²) in [5, 5.41) is 22.0. The Morgan fingerprint density at radius 3 is 2.23 bits per heavy atom. The first-order valence-corrected chi connectivity index (χ1v) is 8.05. The molecule has 134 valence electrons. The van der Waals surface area contributed by atoms with Crippen molar-refractivity contribution in [2.75, 3.05) is 12.4 Å². The minimum atomic E-state index is -0.577. The first-order valence-electron chi connectivity index (χ1n) is 8.05. The van der Waals surface area contributed by atoms with Crippen LogP contribution in [0.1, 0.15) is 11.5 Å². The van der Waals surface area contributed by atoms with Crippen molar-refractivity contribution < 1.29 is 19.4 Å². The second kappa shape index (κ2) is 7.76. The maximum absolute atomic E-state index is 11.6. The van der Waals surface area contributed by atoms with Gasteiger partial charge in [-0.25, -0.2) is 0 Å². The Bertz CT molecular complexity index is 930. The highest BCUT2D eigenvalue weighted by atomic mass is 16.5. The number of hydrogen-bond acceptors (Lipinski definition) is 6. The van der Waals surface area contributed by atoms with Gasteiger partial charge in [-0.05, 0) is 35.4 Å². The van der Waals surface area contributed by atoms with Crippen molar-refractivity contribution >= 4 is 5.69 Å². The lowest BCUT2D eigenvalue weighted by atomic mass is 10.1. The Kier molecular flexibility index (Phi) is 5.24. The maximum atomic E-state index is 11.6. The molecular weight excluding hydrogens is 334 g/mol. The monoisotopic (exact) mass is 353 g/mol. The Hall–Kier alpha value is -3.25. The topological polar surface area (TPSA) is 91.9 Å². The van der Waals surface area contributed by atoms with Gasteiger partial charge in [0.15, 0.2) is 5.76 Å². The minimum Gasteiger partial charge on any atom is -0.502 e. The number of aliphatic hydroxyl groups is 1. The van der Waals surface area contributed by atoms with Crippen molar-refractivity contribution in [2.45, 2.75) is 13.2 Å². The lowest BCUT2D eigenvalue weighted by molar-refractivity contribution is 0.236. The summed E-state index contributed by atoms with van der Waals surface area (Å²) in [7, 11) is 1.63. The van der Waals surface area contributed by atoms with Gasteiger partial charge >= 0.3 is 0 Å². The third-order valence-electron chi connectivity index (χ3n) is 3.96. The molecule has 0 bridgehead atoms. The highest BCUT2D eigenvalue weighted by molar-refractivity contribution is 5.66. The molecule has 0 radical (unpaired) electrons. The zero-order valence-corrected chi connectivity index (χ0v) is 14.2. The van der Waals surface area contributed by atoms with Gasteiger partial charge in [-0.15, -0.1) is 0 Å². The quantitative estimate of drug-likeness (QED) is 0.631. The summed E-state index contributed by atoms with van der Waals surface area (Å²) in [6, 6.07) is 16.6. The second-order valence-corrected chi connectivity index (χ2v) is 5.67. The summed E-state index contributed by atoms with van der Waals surface area (Å²) in [5.41, 5.74) is 2.34. The predicted molar refractivity (Wildman–Crippen MR) is 98.3 cm³/mol. The lowest BCUT2D eigenvalue weighted by Crippen LogP contribution is -2.08. The van der Waals surface area contributed by atoms with E-state index >= 15 is 0 Å². The van der Waals surface area contributed by atoms with E-state index < -0.39 is 17.8 Å². The van der Waals surface area contributed by atoms with Crippen molar-refractivity contribution in [1.82, 2.24) is 0 Å². The van der Waals surface area contributed by atoms with Crippen LogP contribution in [0.2, 0.25) is 0 Å². The molecule has 0 saturated carbocycles. The van der Waals surface area contributed by atoms with Gasteiger partial charge in [0, 0.05) is 11.8 Å². The number of nitrogens with one attached hydrogen (secondary N) is 1. The van der Waals surface area contributed by atoms with Crippen LogP contribution < -0.4 is 15.5 Å². The molecule has 3 N–H and O–H groups in total. The summed E-state index contributed by atoms with van der Waals surface area (Å²) < 4.78 is 10.5. The normalized spacial score (nSPS) is 10.5. The number of anilines is 1. The number of aliphatic hydroxyl groups excluding tert-OH is 1. The van der Waals surface area contributed by atoms with E-state index in [1.54, 1.807) is 7.11 Å². The van der Waals surface area contributed by atoms with E-state index in [0.717, 1.165) is 28.6 Å². The number of hydrogen-bond donors (Lipinski definition) is 3. The van der Waals surface area contributed by atoms with Crippen molar-refractivity contribution in [1.29, 1.82) is 0 Å². The van der Waals surface area contributed by atoms with Crippen LogP contribution >= 0.6 is 0 Å². The van der Waals surface area contributed by atoms with Gasteiger partial charge in [-0.2, -0.15) is 0 Å². The van der Waals surface area contributed by atoms with Crippen molar-refractivity contribution in [3.63, 3.8) is 0 Å². The van der Waals surface area contributed by atoms with Crippen LogP contribution in [0.3, 0.4) is 0 Å². The first-order chi connectivity index (χ1) is 12.6. The number of benzene rings is 2. The van der Waals surface area contributed by atoms with Crippen LogP contribution in [0.15, 0.2) is 63.8 Å². The Labute approximate surface area is 150 Å². The van der Waals surface area contributed by atoms with E-state index in [-0.39, 0.29) is 18.1 Å². The fourth-order valence-electron chi connectivity index (χ4n) is 2.53. The molecule has 26 heavy (non-hydrogen) atoms. The molecule has 3 rings (SSSR count). The van der Waals surface area contributed by atoms with Crippen LogP contribution in [0.25, 0.3) is 11.1 Å². The van der Waals surface area contributed by atoms with Crippen LogP contribution in [-0.2, 0) is 13.2 Å². The van der Waals surface area contributed by atoms with Gasteiger partial charge in [0.25, 0.3) is 0 Å². The number of methoxy groups -OCH3 is 1. The molecule has 0 aliphatic heterocycles. The van der Waals surface area contributed by atoms with E-state index in [2.05, 4.69) is 5.32 Å². The zero-order valence-electron chi connectivity index (χ0n) is 14.2. The fourth-order valence-corrected chi connectivity index (χ4v) is 2.53. The van der Waals surface area contributed by atoms with Gasteiger partial charge in [-0.3, -0.25) is 4.79 Å². The van der Waals surface area contributed by atoms with Gasteiger partial charge in [0.1, 0.15) is 18.1 Å². The molecule has 2 aromatic carbocycles. The molecule has 0 spiro atoms. The molecular formula is C20H19NO5. The van der Waals surface area contributed by atoms with Crippen molar-refractivity contribution in [2.24, 2.45) is 0 Å². The summed E-state index contributed by atoms with van der Waals surface area (Å²) in [5.74, 6) is 0.545. The molecule has 6 heteroatoms. The molecule has 0 atom stereocenters. The van der Waals surface area contributed by atoms with Crippen molar-refractivity contribution in [3.05, 3.63) is 76.3 Å². The van der Waals surface area contributed by atoms with E-state index in [4.69, 9.17) is 14.3 Å². The number of rotatable bonds is 6. The fraction of sp³-hybridized carbons (Fsp3) is 0.150. The third-order valence-corrected chi connectivity index (χ3v) is 3.96. The first kappa shape index (κ1) is 17.6. The zero-order chi connectivity index (χ0) is 18.5. The Morgan fingerprint density at radius 1 is 1.04 bits per heavy atom. The third kappa shape index (κ3) is 3.87. The molecule has 0 aliphatic rings. The Balaban J connectivity index is 1.72.